The van der Waals surface area contributed by atoms with Gasteiger partial charge in [-0.3, -0.25) is 0 Å². The zero-order chi connectivity index (χ0) is 40.8. The molecule has 0 saturated carbocycles. The van der Waals surface area contributed by atoms with Crippen molar-refractivity contribution in [1.29, 1.82) is 0 Å². The maximum absolute atomic E-state index is 2.54. The van der Waals surface area contributed by atoms with Gasteiger partial charge >= 0.3 is 0 Å². The van der Waals surface area contributed by atoms with Crippen molar-refractivity contribution in [3.63, 3.8) is 0 Å². The van der Waals surface area contributed by atoms with Crippen LogP contribution < -0.4 is 9.80 Å². The fraction of sp³-hybridized carbons (Fsp3) is 0.0333. The molecule has 62 heavy (non-hydrogen) atoms. The number of para-hydroxylation sites is 3. The molecule has 2 heteroatoms. The molecule has 1 unspecified atom stereocenters. The molecule has 13 rings (SSSR count). The lowest BCUT2D eigenvalue weighted by Gasteiger charge is -2.46. The number of nitrogens with zero attached hydrogens (tertiary/aromatic N) is 2. The van der Waals surface area contributed by atoms with E-state index in [1.807, 2.05) is 0 Å². The van der Waals surface area contributed by atoms with E-state index in [-0.39, 0.29) is 6.04 Å². The first-order chi connectivity index (χ1) is 30.8. The summed E-state index contributed by atoms with van der Waals surface area (Å²) in [4.78, 5) is 5.01. The highest BCUT2D eigenvalue weighted by molar-refractivity contribution is 6.20. The second kappa shape index (κ2) is 13.5. The smallest absolute Gasteiger partial charge is 0.0798 e. The molecule has 290 valence electrons. The molecule has 3 aliphatic rings. The van der Waals surface area contributed by atoms with Crippen molar-refractivity contribution in [2.75, 3.05) is 9.80 Å². The quantitative estimate of drug-likeness (QED) is 0.160. The van der Waals surface area contributed by atoms with E-state index in [4.69, 9.17) is 0 Å². The van der Waals surface area contributed by atoms with E-state index in [9.17, 15) is 0 Å². The Morgan fingerprint density at radius 3 is 1.56 bits per heavy atom. The standard InChI is InChI=1S/C60H40N2/c1-4-18-40(19-5-1)41-32-35-45(36-33-41)62-56(42-20-6-2-7-21-42)39-57(62)43-34-37-50-53(38-43)60(59-49-27-13-11-25-47(49)46-24-10-12-26-48(46)58(50)59)51-28-14-16-30-54(51)61(44-22-8-3-9-23-44)55-31-17-15-29-52(55)60/h1-39,56H. The highest BCUT2D eigenvalue weighted by Crippen LogP contribution is 2.66. The molecule has 1 aliphatic carbocycles. The van der Waals surface area contributed by atoms with Crippen LogP contribution in [0.1, 0.15) is 39.4 Å². The van der Waals surface area contributed by atoms with Crippen molar-refractivity contribution < 1.29 is 0 Å². The highest BCUT2D eigenvalue weighted by atomic mass is 15.2. The van der Waals surface area contributed by atoms with Crippen molar-refractivity contribution in [2.45, 2.75) is 11.5 Å². The van der Waals surface area contributed by atoms with E-state index in [2.05, 4.69) is 246 Å². The largest absolute Gasteiger partial charge is 0.330 e. The van der Waals surface area contributed by atoms with Crippen LogP contribution >= 0.6 is 0 Å². The predicted molar refractivity (Wildman–Crippen MR) is 259 cm³/mol. The third-order valence-corrected chi connectivity index (χ3v) is 13.7. The molecule has 0 amide bonds. The summed E-state index contributed by atoms with van der Waals surface area (Å²) in [5.74, 6) is 0. The Morgan fingerprint density at radius 1 is 0.371 bits per heavy atom. The van der Waals surface area contributed by atoms with Crippen molar-refractivity contribution >= 4 is 50.0 Å². The minimum Gasteiger partial charge on any atom is -0.330 e. The predicted octanol–water partition coefficient (Wildman–Crippen LogP) is 15.4. The van der Waals surface area contributed by atoms with Gasteiger partial charge in [-0.1, -0.05) is 188 Å². The second-order valence-corrected chi connectivity index (χ2v) is 16.7. The molecule has 0 fully saturated rings. The second-order valence-electron chi connectivity index (χ2n) is 16.7. The summed E-state index contributed by atoms with van der Waals surface area (Å²) < 4.78 is 0. The summed E-state index contributed by atoms with van der Waals surface area (Å²) in [5.41, 5.74) is 18.2. The number of hydrogen-bond donors (Lipinski definition) is 0. The van der Waals surface area contributed by atoms with Crippen molar-refractivity contribution in [2.24, 2.45) is 0 Å². The zero-order valence-electron chi connectivity index (χ0n) is 34.0. The topological polar surface area (TPSA) is 6.48 Å². The summed E-state index contributed by atoms with van der Waals surface area (Å²) in [6.07, 6.45) is 2.46. The molecule has 1 spiro atoms. The third kappa shape index (κ3) is 4.86. The Bertz CT molecular complexity index is 3360. The minimum atomic E-state index is -0.617. The van der Waals surface area contributed by atoms with E-state index < -0.39 is 5.41 Å². The molecule has 2 heterocycles. The number of benzene rings is 10. The lowest BCUT2D eigenvalue weighted by atomic mass is 9.63. The fourth-order valence-electron chi connectivity index (χ4n) is 11.1. The average molecular weight is 789 g/mol. The van der Waals surface area contributed by atoms with Crippen LogP contribution in [0.3, 0.4) is 0 Å². The lowest BCUT2D eigenvalue weighted by molar-refractivity contribution is 0.757. The lowest BCUT2D eigenvalue weighted by Crippen LogP contribution is -2.37. The van der Waals surface area contributed by atoms with Crippen LogP contribution in [0.15, 0.2) is 237 Å². The number of anilines is 4. The van der Waals surface area contributed by atoms with Gasteiger partial charge in [0.25, 0.3) is 0 Å². The Hall–Kier alpha value is -7.94. The molecule has 10 aromatic carbocycles. The van der Waals surface area contributed by atoms with Crippen LogP contribution in [0.4, 0.5) is 22.7 Å². The first-order valence-electron chi connectivity index (χ1n) is 21.6. The monoisotopic (exact) mass is 788 g/mol. The molecule has 0 N–H and O–H groups in total. The Morgan fingerprint density at radius 2 is 0.887 bits per heavy atom. The first kappa shape index (κ1) is 34.9. The van der Waals surface area contributed by atoms with Crippen molar-refractivity contribution in [3.8, 4) is 22.3 Å². The molecule has 0 saturated heterocycles. The van der Waals surface area contributed by atoms with E-state index in [0.29, 0.717) is 0 Å². The molecule has 1 atom stereocenters. The van der Waals surface area contributed by atoms with Gasteiger partial charge in [0.05, 0.1) is 22.8 Å². The van der Waals surface area contributed by atoms with Crippen LogP contribution in [0.5, 0.6) is 0 Å². The molecule has 0 bridgehead atoms. The summed E-state index contributed by atoms with van der Waals surface area (Å²) in [6.45, 7) is 0. The SMILES string of the molecule is C1=C(c2ccc3c(c2)C2(c4ccccc4N(c4ccccc4)c4ccccc42)c2c-3c3ccccc3c3ccccc23)N(c2ccc(-c3ccccc3)cc2)C1c1ccccc1. The van der Waals surface area contributed by atoms with Gasteiger partial charge in [0.2, 0.25) is 0 Å². The van der Waals surface area contributed by atoms with Gasteiger partial charge in [-0.15, -0.1) is 0 Å². The average Bonchev–Trinajstić information content (AvgIpc) is 3.64. The number of hydrogen-bond acceptors (Lipinski definition) is 2. The number of rotatable bonds is 5. The zero-order valence-corrected chi connectivity index (χ0v) is 34.0. The molecular formula is C60H40N2. The Balaban J connectivity index is 1.09. The van der Waals surface area contributed by atoms with Gasteiger partial charge in [0, 0.05) is 17.1 Å². The Labute approximate surface area is 361 Å². The maximum atomic E-state index is 2.54. The third-order valence-electron chi connectivity index (χ3n) is 13.7. The number of fused-ring (bicyclic) bond motifs is 14. The normalized spacial score (nSPS) is 15.4. The van der Waals surface area contributed by atoms with Crippen LogP contribution in [-0.2, 0) is 5.41 Å². The Kier molecular flexibility index (Phi) is 7.62. The van der Waals surface area contributed by atoms with Gasteiger partial charge in [0.1, 0.15) is 0 Å². The summed E-state index contributed by atoms with van der Waals surface area (Å²) in [7, 11) is 0. The van der Waals surface area contributed by atoms with Gasteiger partial charge < -0.3 is 9.80 Å². The van der Waals surface area contributed by atoms with E-state index in [1.165, 1.54) is 99.9 Å². The molecule has 2 aliphatic heterocycles. The molecule has 10 aromatic rings. The van der Waals surface area contributed by atoms with E-state index >= 15 is 0 Å². The van der Waals surface area contributed by atoms with Crippen molar-refractivity contribution in [3.05, 3.63) is 270 Å². The maximum Gasteiger partial charge on any atom is 0.0798 e. The van der Waals surface area contributed by atoms with Gasteiger partial charge in [-0.05, 0) is 126 Å². The summed E-state index contributed by atoms with van der Waals surface area (Å²) in [5, 5.41) is 5.16. The highest BCUT2D eigenvalue weighted by Gasteiger charge is 2.53. The molecule has 0 aromatic heterocycles. The van der Waals surface area contributed by atoms with Crippen LogP contribution in [0, 0.1) is 0 Å². The van der Waals surface area contributed by atoms with E-state index in [0.717, 1.165) is 5.69 Å². The first-order valence-corrected chi connectivity index (χ1v) is 21.6. The van der Waals surface area contributed by atoms with Gasteiger partial charge in [-0.2, -0.15) is 0 Å². The van der Waals surface area contributed by atoms with Crippen LogP contribution in [-0.4, -0.2) is 0 Å². The molecule has 0 radical (unpaired) electrons. The fourth-order valence-corrected chi connectivity index (χ4v) is 11.1. The minimum absolute atomic E-state index is 0.108. The molecular weight excluding hydrogens is 749 g/mol. The summed E-state index contributed by atoms with van der Waals surface area (Å²) in [6, 6.07) is 85.5. The summed E-state index contributed by atoms with van der Waals surface area (Å²) >= 11 is 0. The van der Waals surface area contributed by atoms with Crippen LogP contribution in [0.2, 0.25) is 0 Å². The van der Waals surface area contributed by atoms with Crippen LogP contribution in [0.25, 0.3) is 49.5 Å². The van der Waals surface area contributed by atoms with Crippen molar-refractivity contribution in [1.82, 2.24) is 0 Å². The van der Waals surface area contributed by atoms with Gasteiger partial charge in [-0.25, -0.2) is 0 Å². The van der Waals surface area contributed by atoms with E-state index in [1.54, 1.807) is 0 Å². The molecule has 2 nitrogen and oxygen atoms in total. The van der Waals surface area contributed by atoms with Gasteiger partial charge in [0.15, 0.2) is 0 Å².